The van der Waals surface area contributed by atoms with Crippen LogP contribution in [0.4, 0.5) is 5.82 Å². The third-order valence-electron chi connectivity index (χ3n) is 5.12. The molecule has 2 unspecified atom stereocenters. The normalized spacial score (nSPS) is 23.9. The molecule has 5 atom stereocenters. The molecule has 0 saturated carbocycles. The van der Waals surface area contributed by atoms with E-state index in [1.54, 1.807) is 0 Å². The predicted molar refractivity (Wildman–Crippen MR) is 123 cm³/mol. The number of hydrogen-bond donors (Lipinski definition) is 5. The quantitative estimate of drug-likeness (QED) is 0.208. The summed E-state index contributed by atoms with van der Waals surface area (Å²) in [6.45, 7) is 0.466. The SMILES string of the molecule is CNC(=O)C(O)[C@H]1OC(n2cnc3c(NCc4cccc(I)c4)nc(Cl)nc32)[C@H](O)[C@@H]1O. The molecule has 1 saturated heterocycles. The van der Waals surface area contributed by atoms with Crippen molar-refractivity contribution in [2.24, 2.45) is 0 Å². The fourth-order valence-corrected chi connectivity index (χ4v) is 4.28. The molecule has 1 amide bonds. The van der Waals surface area contributed by atoms with Crippen LogP contribution < -0.4 is 10.6 Å². The summed E-state index contributed by atoms with van der Waals surface area (Å²) in [6.07, 6.45) is -5.78. The fraction of sp³-hybridized carbons (Fsp3) is 0.368. The van der Waals surface area contributed by atoms with Crippen molar-refractivity contribution in [2.45, 2.75) is 37.2 Å². The number of anilines is 1. The summed E-state index contributed by atoms with van der Waals surface area (Å²) in [5, 5.41) is 36.4. The summed E-state index contributed by atoms with van der Waals surface area (Å²) in [7, 11) is 1.34. The highest BCUT2D eigenvalue weighted by Crippen LogP contribution is 2.34. The molecule has 1 aliphatic rings. The van der Waals surface area contributed by atoms with Crippen molar-refractivity contribution < 1.29 is 24.9 Å². The summed E-state index contributed by atoms with van der Waals surface area (Å²) in [5.74, 6) is -0.364. The first-order valence-corrected chi connectivity index (χ1v) is 11.1. The van der Waals surface area contributed by atoms with Crippen LogP contribution in [0, 0.1) is 3.57 Å². The average Bonchev–Trinajstić information content (AvgIpc) is 3.32. The van der Waals surface area contributed by atoms with Crippen molar-refractivity contribution in [3.63, 3.8) is 0 Å². The largest absolute Gasteiger partial charge is 0.387 e. The van der Waals surface area contributed by atoms with Crippen molar-refractivity contribution in [3.8, 4) is 0 Å². The Hall–Kier alpha value is -2.10. The molecule has 13 heteroatoms. The van der Waals surface area contributed by atoms with E-state index in [-0.39, 0.29) is 10.9 Å². The third-order valence-corrected chi connectivity index (χ3v) is 5.96. The average molecular weight is 575 g/mol. The number of fused-ring (bicyclic) bond motifs is 1. The van der Waals surface area contributed by atoms with E-state index in [1.807, 2.05) is 24.3 Å². The maximum absolute atomic E-state index is 11.8. The summed E-state index contributed by atoms with van der Waals surface area (Å²) in [4.78, 5) is 24.5. The topological polar surface area (TPSA) is 155 Å². The number of imidazole rings is 1. The van der Waals surface area contributed by atoms with Gasteiger partial charge in [-0.15, -0.1) is 0 Å². The van der Waals surface area contributed by atoms with Crippen molar-refractivity contribution in [3.05, 3.63) is 45.0 Å². The highest BCUT2D eigenvalue weighted by atomic mass is 127. The zero-order valence-electron chi connectivity index (χ0n) is 16.7. The van der Waals surface area contributed by atoms with E-state index in [2.05, 4.69) is 48.2 Å². The molecule has 11 nitrogen and oxygen atoms in total. The molecular formula is C19H20ClIN6O5. The Balaban J connectivity index is 1.62. The first-order valence-electron chi connectivity index (χ1n) is 9.59. The smallest absolute Gasteiger partial charge is 0.251 e. The molecule has 4 rings (SSSR count). The third kappa shape index (κ3) is 4.38. The maximum atomic E-state index is 11.8. The van der Waals surface area contributed by atoms with E-state index >= 15 is 0 Å². The standard InChI is InChI=1S/C19H20ClIN6O5/c1-22-17(31)13(30)14-11(28)12(29)18(32-14)27-7-24-10-15(25-19(20)26-16(10)27)23-6-8-3-2-4-9(21)5-8/h2-5,7,11-14,18,28-30H,6H2,1H3,(H,22,31)(H,23,25,26)/t11-,12+,13?,14-,18?/m0/s1. The van der Waals surface area contributed by atoms with Gasteiger partial charge in [-0.1, -0.05) is 12.1 Å². The highest BCUT2D eigenvalue weighted by molar-refractivity contribution is 14.1. The second-order valence-electron chi connectivity index (χ2n) is 7.18. The minimum absolute atomic E-state index is 0.0561. The first kappa shape index (κ1) is 23.1. The van der Waals surface area contributed by atoms with Gasteiger partial charge in [0.1, 0.15) is 18.3 Å². The number of halogens is 2. The molecule has 0 radical (unpaired) electrons. The van der Waals surface area contributed by atoms with Crippen molar-refractivity contribution in [2.75, 3.05) is 12.4 Å². The van der Waals surface area contributed by atoms with Gasteiger partial charge in [-0.2, -0.15) is 9.97 Å². The first-order chi connectivity index (χ1) is 15.3. The number of nitrogens with one attached hydrogen (secondary N) is 2. The van der Waals surface area contributed by atoms with Gasteiger partial charge < -0.3 is 30.7 Å². The van der Waals surface area contributed by atoms with Gasteiger partial charge in [-0.3, -0.25) is 9.36 Å². The van der Waals surface area contributed by atoms with Gasteiger partial charge in [0, 0.05) is 17.2 Å². The zero-order chi connectivity index (χ0) is 23.0. The summed E-state index contributed by atoms with van der Waals surface area (Å²) >= 11 is 8.35. The van der Waals surface area contributed by atoms with E-state index in [0.29, 0.717) is 17.9 Å². The van der Waals surface area contributed by atoms with E-state index < -0.39 is 36.6 Å². The molecule has 1 aliphatic heterocycles. The van der Waals surface area contributed by atoms with Gasteiger partial charge in [0.15, 0.2) is 29.3 Å². The van der Waals surface area contributed by atoms with E-state index in [9.17, 15) is 20.1 Å². The van der Waals surface area contributed by atoms with Crippen LogP contribution in [-0.2, 0) is 16.1 Å². The second kappa shape index (κ2) is 9.41. The Labute approximate surface area is 200 Å². The molecule has 2 aromatic heterocycles. The minimum atomic E-state index is -1.67. The monoisotopic (exact) mass is 574 g/mol. The minimum Gasteiger partial charge on any atom is -0.387 e. The number of carbonyl (C=O) groups excluding carboxylic acids is 1. The lowest BCUT2D eigenvalue weighted by molar-refractivity contribution is -0.142. The van der Waals surface area contributed by atoms with Crippen LogP contribution in [0.1, 0.15) is 11.8 Å². The number of aliphatic hydroxyl groups excluding tert-OH is 3. The molecule has 1 fully saturated rings. The zero-order valence-corrected chi connectivity index (χ0v) is 19.6. The van der Waals surface area contributed by atoms with Gasteiger partial charge in [-0.05, 0) is 51.9 Å². The Kier molecular flexibility index (Phi) is 6.78. The number of ether oxygens (including phenoxy) is 1. The molecule has 5 N–H and O–H groups in total. The van der Waals surface area contributed by atoms with Crippen LogP contribution in [0.5, 0.6) is 0 Å². The fourth-order valence-electron chi connectivity index (χ4n) is 3.51. The Bertz CT molecular complexity index is 1150. The van der Waals surface area contributed by atoms with Crippen LogP contribution in [0.3, 0.4) is 0 Å². The number of aromatic nitrogens is 4. The van der Waals surface area contributed by atoms with Gasteiger partial charge in [-0.25, -0.2) is 4.98 Å². The van der Waals surface area contributed by atoms with Crippen molar-refractivity contribution in [1.29, 1.82) is 0 Å². The van der Waals surface area contributed by atoms with Crippen LogP contribution in [0.2, 0.25) is 5.28 Å². The molecule has 32 heavy (non-hydrogen) atoms. The number of hydrogen-bond acceptors (Lipinski definition) is 9. The number of rotatable bonds is 6. The lowest BCUT2D eigenvalue weighted by Gasteiger charge is -2.19. The van der Waals surface area contributed by atoms with Crippen LogP contribution in [0.15, 0.2) is 30.6 Å². The summed E-state index contributed by atoms with van der Waals surface area (Å²) in [5.41, 5.74) is 1.66. The van der Waals surface area contributed by atoms with Crippen LogP contribution >= 0.6 is 34.2 Å². The molecule has 1 aromatic carbocycles. The lowest BCUT2D eigenvalue weighted by Crippen LogP contribution is -2.46. The Morgan fingerprint density at radius 3 is 2.84 bits per heavy atom. The summed E-state index contributed by atoms with van der Waals surface area (Å²) in [6, 6.07) is 7.93. The summed E-state index contributed by atoms with van der Waals surface area (Å²) < 4.78 is 8.11. The molecule has 3 heterocycles. The molecule has 3 aromatic rings. The number of amides is 1. The van der Waals surface area contributed by atoms with Crippen molar-refractivity contribution in [1.82, 2.24) is 24.8 Å². The van der Waals surface area contributed by atoms with Crippen molar-refractivity contribution >= 4 is 57.1 Å². The lowest BCUT2D eigenvalue weighted by atomic mass is 10.1. The number of likely N-dealkylation sites (N-methyl/N-ethyl adjacent to an activating group) is 1. The maximum Gasteiger partial charge on any atom is 0.251 e. The van der Waals surface area contributed by atoms with Crippen LogP contribution in [0.25, 0.3) is 11.2 Å². The number of carbonyl (C=O) groups is 1. The number of nitrogens with zero attached hydrogens (tertiary/aromatic N) is 4. The van der Waals surface area contributed by atoms with Gasteiger partial charge in [0.2, 0.25) is 5.28 Å². The Morgan fingerprint density at radius 2 is 2.12 bits per heavy atom. The Morgan fingerprint density at radius 1 is 1.34 bits per heavy atom. The molecule has 0 bridgehead atoms. The molecule has 0 spiro atoms. The molecule has 0 aliphatic carbocycles. The molecular weight excluding hydrogens is 555 g/mol. The van der Waals surface area contributed by atoms with E-state index in [0.717, 1.165) is 9.13 Å². The van der Waals surface area contributed by atoms with E-state index in [1.165, 1.54) is 17.9 Å². The van der Waals surface area contributed by atoms with Gasteiger partial charge in [0.25, 0.3) is 5.91 Å². The highest BCUT2D eigenvalue weighted by Gasteiger charge is 2.49. The molecule has 170 valence electrons. The predicted octanol–water partition coefficient (Wildman–Crippen LogP) is 0.422. The van der Waals surface area contributed by atoms with Crippen LogP contribution in [-0.4, -0.2) is 72.2 Å². The van der Waals surface area contributed by atoms with Gasteiger partial charge in [0.05, 0.1) is 6.33 Å². The van der Waals surface area contributed by atoms with Gasteiger partial charge >= 0.3 is 0 Å². The number of benzene rings is 1. The second-order valence-corrected chi connectivity index (χ2v) is 8.76. The van der Waals surface area contributed by atoms with E-state index in [4.69, 9.17) is 16.3 Å². The number of aliphatic hydroxyl groups is 3.